The number of aliphatic hydroxyl groups is 1. The Morgan fingerprint density at radius 1 is 1.10 bits per heavy atom. The van der Waals surface area contributed by atoms with Gasteiger partial charge in [0.15, 0.2) is 21.5 Å². The number of hydrogen-bond donors (Lipinski definition) is 1. The summed E-state index contributed by atoms with van der Waals surface area (Å²) in [4.78, 5) is 0.00652. The summed E-state index contributed by atoms with van der Waals surface area (Å²) in [6, 6.07) is 8.16. The summed E-state index contributed by atoms with van der Waals surface area (Å²) in [5, 5.41) is 10.2. The average Bonchev–Trinajstić information content (AvgIpc) is 2.43. The molecule has 3 nitrogen and oxygen atoms in total. The lowest BCUT2D eigenvalue weighted by Crippen LogP contribution is -2.07. The van der Waals surface area contributed by atoms with Crippen molar-refractivity contribution in [1.82, 2.24) is 0 Å². The molecule has 1 atom stereocenters. The van der Waals surface area contributed by atoms with Crippen LogP contribution in [0.5, 0.6) is 0 Å². The van der Waals surface area contributed by atoms with Gasteiger partial charge in [-0.3, -0.25) is 0 Å². The zero-order valence-electron chi connectivity index (χ0n) is 11.5. The van der Waals surface area contributed by atoms with E-state index in [1.54, 1.807) is 0 Å². The SMILES string of the molecule is Cc1ccc(C(O)c2cccc(S(C)(=O)=O)c2)c(F)c1F. The molecule has 2 aromatic rings. The Kier molecular flexibility index (Phi) is 4.11. The summed E-state index contributed by atoms with van der Waals surface area (Å²) in [5.41, 5.74) is 0.0807. The highest BCUT2D eigenvalue weighted by atomic mass is 32.2. The molecule has 0 radical (unpaired) electrons. The van der Waals surface area contributed by atoms with E-state index in [-0.39, 0.29) is 21.6 Å². The zero-order valence-corrected chi connectivity index (χ0v) is 12.3. The van der Waals surface area contributed by atoms with Crippen LogP contribution < -0.4 is 0 Å². The van der Waals surface area contributed by atoms with Crippen molar-refractivity contribution in [2.75, 3.05) is 6.26 Å². The second-order valence-corrected chi connectivity index (χ2v) is 6.86. The highest BCUT2D eigenvalue weighted by Gasteiger charge is 2.20. The van der Waals surface area contributed by atoms with Gasteiger partial charge in [0.05, 0.1) is 4.90 Å². The van der Waals surface area contributed by atoms with Crippen LogP contribution in [0.2, 0.25) is 0 Å². The van der Waals surface area contributed by atoms with Crippen molar-refractivity contribution in [3.8, 4) is 0 Å². The molecule has 1 N–H and O–H groups in total. The minimum Gasteiger partial charge on any atom is -0.384 e. The molecule has 0 bridgehead atoms. The molecule has 0 heterocycles. The monoisotopic (exact) mass is 312 g/mol. The lowest BCUT2D eigenvalue weighted by Gasteiger charge is -2.14. The molecule has 0 amide bonds. The number of sulfone groups is 1. The second-order valence-electron chi connectivity index (χ2n) is 4.85. The van der Waals surface area contributed by atoms with Crippen LogP contribution in [0.1, 0.15) is 22.8 Å². The molecule has 0 aromatic heterocycles. The Balaban J connectivity index is 2.51. The number of hydrogen-bond acceptors (Lipinski definition) is 3. The van der Waals surface area contributed by atoms with Crippen LogP contribution in [-0.2, 0) is 9.84 Å². The smallest absolute Gasteiger partial charge is 0.175 e. The predicted molar refractivity (Wildman–Crippen MR) is 74.7 cm³/mol. The summed E-state index contributed by atoms with van der Waals surface area (Å²) in [7, 11) is -3.44. The third-order valence-corrected chi connectivity index (χ3v) is 4.31. The molecule has 1 unspecified atom stereocenters. The Bertz CT molecular complexity index is 786. The molecule has 0 fully saturated rings. The van der Waals surface area contributed by atoms with E-state index < -0.39 is 27.6 Å². The minimum absolute atomic E-state index is 0.00652. The molecule has 0 aliphatic rings. The fourth-order valence-corrected chi connectivity index (χ4v) is 2.64. The van der Waals surface area contributed by atoms with Crippen molar-refractivity contribution in [3.05, 3.63) is 64.7 Å². The Hall–Kier alpha value is -1.79. The van der Waals surface area contributed by atoms with Crippen molar-refractivity contribution in [2.24, 2.45) is 0 Å². The molecular formula is C15H14F2O3S. The average molecular weight is 312 g/mol. The fourth-order valence-electron chi connectivity index (χ4n) is 1.97. The van der Waals surface area contributed by atoms with Gasteiger partial charge in [-0.15, -0.1) is 0 Å². The Morgan fingerprint density at radius 2 is 1.76 bits per heavy atom. The summed E-state index contributed by atoms with van der Waals surface area (Å²) in [5.74, 6) is -2.15. The van der Waals surface area contributed by atoms with Gasteiger partial charge in [-0.25, -0.2) is 17.2 Å². The first-order chi connectivity index (χ1) is 9.71. The van der Waals surface area contributed by atoms with Crippen LogP contribution in [0.25, 0.3) is 0 Å². The van der Waals surface area contributed by atoms with Crippen molar-refractivity contribution >= 4 is 9.84 Å². The molecule has 2 aromatic carbocycles. The number of aliphatic hydroxyl groups excluding tert-OH is 1. The third kappa shape index (κ3) is 3.11. The van der Waals surface area contributed by atoms with Crippen molar-refractivity contribution in [3.63, 3.8) is 0 Å². The maximum Gasteiger partial charge on any atom is 0.175 e. The summed E-state index contributed by atoms with van der Waals surface area (Å²) < 4.78 is 50.4. The molecule has 21 heavy (non-hydrogen) atoms. The summed E-state index contributed by atoms with van der Waals surface area (Å²) in [6.45, 7) is 1.42. The first-order valence-electron chi connectivity index (χ1n) is 6.14. The maximum atomic E-state index is 13.9. The molecule has 0 spiro atoms. The number of aryl methyl sites for hydroxylation is 1. The zero-order chi connectivity index (χ0) is 15.8. The van der Waals surface area contributed by atoms with E-state index in [9.17, 15) is 22.3 Å². The first-order valence-corrected chi connectivity index (χ1v) is 8.03. The van der Waals surface area contributed by atoms with Gasteiger partial charge in [-0.2, -0.15) is 0 Å². The first kappa shape index (κ1) is 15.6. The second kappa shape index (κ2) is 5.54. The van der Waals surface area contributed by atoms with Gasteiger partial charge in [0.25, 0.3) is 0 Å². The molecule has 0 aliphatic heterocycles. The molecule has 2 rings (SSSR count). The predicted octanol–water partition coefficient (Wildman–Crippen LogP) is 2.76. The van der Waals surface area contributed by atoms with E-state index >= 15 is 0 Å². The Morgan fingerprint density at radius 3 is 2.38 bits per heavy atom. The van der Waals surface area contributed by atoms with Gasteiger partial charge in [0.1, 0.15) is 6.10 Å². The van der Waals surface area contributed by atoms with Gasteiger partial charge in [-0.05, 0) is 30.2 Å². The highest BCUT2D eigenvalue weighted by molar-refractivity contribution is 7.90. The van der Waals surface area contributed by atoms with Crippen LogP contribution in [0.4, 0.5) is 8.78 Å². The van der Waals surface area contributed by atoms with Crippen molar-refractivity contribution in [1.29, 1.82) is 0 Å². The van der Waals surface area contributed by atoms with Crippen LogP contribution in [0, 0.1) is 18.6 Å². The largest absolute Gasteiger partial charge is 0.384 e. The molecule has 0 saturated heterocycles. The topological polar surface area (TPSA) is 54.4 Å². The summed E-state index contributed by atoms with van der Waals surface area (Å²) in [6.07, 6.45) is -0.410. The minimum atomic E-state index is -3.44. The molecule has 112 valence electrons. The molecule has 6 heteroatoms. The van der Waals surface area contributed by atoms with Gasteiger partial charge in [0.2, 0.25) is 0 Å². The van der Waals surface area contributed by atoms with E-state index in [1.165, 1.54) is 43.3 Å². The van der Waals surface area contributed by atoms with E-state index in [0.29, 0.717) is 0 Å². The van der Waals surface area contributed by atoms with Crippen molar-refractivity contribution in [2.45, 2.75) is 17.9 Å². The number of benzene rings is 2. The lowest BCUT2D eigenvalue weighted by atomic mass is 9.99. The van der Waals surface area contributed by atoms with Crippen LogP contribution in [0.3, 0.4) is 0 Å². The highest BCUT2D eigenvalue weighted by Crippen LogP contribution is 2.28. The molecule has 0 aliphatic carbocycles. The lowest BCUT2D eigenvalue weighted by molar-refractivity contribution is 0.213. The van der Waals surface area contributed by atoms with E-state index in [0.717, 1.165) is 6.26 Å². The van der Waals surface area contributed by atoms with Gasteiger partial charge >= 0.3 is 0 Å². The maximum absolute atomic E-state index is 13.9. The molecule has 0 saturated carbocycles. The summed E-state index contributed by atoms with van der Waals surface area (Å²) >= 11 is 0. The number of rotatable bonds is 3. The van der Waals surface area contributed by atoms with Crippen LogP contribution in [-0.4, -0.2) is 19.8 Å². The fraction of sp³-hybridized carbons (Fsp3) is 0.200. The van der Waals surface area contributed by atoms with E-state index in [1.807, 2.05) is 0 Å². The van der Waals surface area contributed by atoms with Gasteiger partial charge in [0, 0.05) is 11.8 Å². The third-order valence-electron chi connectivity index (χ3n) is 3.20. The Labute approximate surface area is 121 Å². The standard InChI is InChI=1S/C15H14F2O3S/c1-9-6-7-12(14(17)13(9)16)15(18)10-4-3-5-11(8-10)21(2,19)20/h3-8,15,18H,1-2H3. The number of halogens is 2. The molecular weight excluding hydrogens is 298 g/mol. The van der Waals surface area contributed by atoms with Crippen LogP contribution >= 0.6 is 0 Å². The van der Waals surface area contributed by atoms with Gasteiger partial charge < -0.3 is 5.11 Å². The van der Waals surface area contributed by atoms with E-state index in [2.05, 4.69) is 0 Å². The van der Waals surface area contributed by atoms with Crippen molar-refractivity contribution < 1.29 is 22.3 Å². The van der Waals surface area contributed by atoms with E-state index in [4.69, 9.17) is 0 Å². The van der Waals surface area contributed by atoms with Gasteiger partial charge in [-0.1, -0.05) is 24.3 Å². The normalized spacial score (nSPS) is 13.2. The quantitative estimate of drug-likeness (QED) is 0.948. The van der Waals surface area contributed by atoms with Crippen LogP contribution in [0.15, 0.2) is 41.3 Å².